The van der Waals surface area contributed by atoms with Crippen molar-refractivity contribution in [2.45, 2.75) is 101 Å². The number of thioether (sulfide) groups is 1. The maximum atomic E-state index is 12.5. The molecular formula is C30H50N2O10S2. The Morgan fingerprint density at radius 2 is 1.14 bits per heavy atom. The SMILES string of the molecule is COC(=O)C1CCS(=O)(=O)C12CCN(C(=O)OC(C)(C)C)CC2.COC(=O)C1CCSC12CCN(C(=O)OC(C)(C)C)CC2. The lowest BCUT2D eigenvalue weighted by Gasteiger charge is -2.41. The molecule has 0 aromatic carbocycles. The van der Waals surface area contributed by atoms with Crippen LogP contribution in [0.1, 0.15) is 80.1 Å². The zero-order chi connectivity index (χ0) is 33.1. The van der Waals surface area contributed by atoms with Crippen molar-refractivity contribution in [3.8, 4) is 0 Å². The zero-order valence-corrected chi connectivity index (χ0v) is 29.1. The van der Waals surface area contributed by atoms with Crippen LogP contribution in [-0.2, 0) is 38.4 Å². The first-order chi connectivity index (χ1) is 20.3. The van der Waals surface area contributed by atoms with E-state index in [0.717, 1.165) is 25.0 Å². The summed E-state index contributed by atoms with van der Waals surface area (Å²) >= 11 is 1.86. The molecule has 2 unspecified atom stereocenters. The number of carbonyl (C=O) groups is 4. The van der Waals surface area contributed by atoms with E-state index in [-0.39, 0.29) is 54.4 Å². The van der Waals surface area contributed by atoms with E-state index in [9.17, 15) is 27.6 Å². The Hall–Kier alpha value is -2.22. The summed E-state index contributed by atoms with van der Waals surface area (Å²) in [4.78, 5) is 51.4. The number of sulfone groups is 1. The highest BCUT2D eigenvalue weighted by atomic mass is 32.2. The standard InChI is InChI=1S/C15H25NO6S.C15H25NO4S/c1-14(2,3)22-13(18)16-8-6-15(7-9-16)11(12(17)21-4)5-10-23(15,19)20;1-14(2,3)20-13(18)16-8-6-15(7-9-16)11(5-10-21-15)12(17)19-4/h11H,5-10H2,1-4H3;11H,5-10H2,1-4H3. The van der Waals surface area contributed by atoms with Crippen LogP contribution in [0.5, 0.6) is 0 Å². The van der Waals surface area contributed by atoms with Gasteiger partial charge in [0.2, 0.25) is 0 Å². The van der Waals surface area contributed by atoms with Crippen LogP contribution in [0.3, 0.4) is 0 Å². The molecule has 4 fully saturated rings. The van der Waals surface area contributed by atoms with Gasteiger partial charge in [-0.15, -0.1) is 0 Å². The molecule has 0 radical (unpaired) electrons. The predicted octanol–water partition coefficient (Wildman–Crippen LogP) is 4.05. The van der Waals surface area contributed by atoms with Gasteiger partial charge in [-0.3, -0.25) is 9.59 Å². The van der Waals surface area contributed by atoms with Gasteiger partial charge in [0.25, 0.3) is 0 Å². The molecule has 12 nitrogen and oxygen atoms in total. The summed E-state index contributed by atoms with van der Waals surface area (Å²) in [7, 11) is -0.650. The van der Waals surface area contributed by atoms with Gasteiger partial charge in [0.15, 0.2) is 9.84 Å². The third kappa shape index (κ3) is 8.13. The normalized spacial score (nSPS) is 25.5. The van der Waals surface area contributed by atoms with Crippen LogP contribution in [0.2, 0.25) is 0 Å². The van der Waals surface area contributed by atoms with E-state index in [0.29, 0.717) is 19.5 Å². The molecule has 4 saturated heterocycles. The molecule has 0 aromatic rings. The van der Waals surface area contributed by atoms with Gasteiger partial charge in [-0.2, -0.15) is 11.8 Å². The van der Waals surface area contributed by atoms with E-state index in [4.69, 9.17) is 18.9 Å². The van der Waals surface area contributed by atoms with Gasteiger partial charge in [-0.05, 0) is 85.8 Å². The lowest BCUT2D eigenvalue weighted by atomic mass is 9.82. The van der Waals surface area contributed by atoms with Crippen LogP contribution in [0, 0.1) is 11.8 Å². The highest BCUT2D eigenvalue weighted by molar-refractivity contribution is 8.01. The topological polar surface area (TPSA) is 146 Å². The summed E-state index contributed by atoms with van der Waals surface area (Å²) in [6, 6.07) is 0. The van der Waals surface area contributed by atoms with Crippen LogP contribution >= 0.6 is 11.8 Å². The maximum absolute atomic E-state index is 12.5. The first-order valence-corrected chi connectivity index (χ1v) is 17.9. The smallest absolute Gasteiger partial charge is 0.410 e. The van der Waals surface area contributed by atoms with Gasteiger partial charge < -0.3 is 28.7 Å². The fourth-order valence-corrected chi connectivity index (χ4v) is 10.6. The predicted molar refractivity (Wildman–Crippen MR) is 166 cm³/mol. The van der Waals surface area contributed by atoms with E-state index >= 15 is 0 Å². The Balaban J connectivity index is 0.000000241. The van der Waals surface area contributed by atoms with Crippen LogP contribution in [0.25, 0.3) is 0 Å². The second-order valence-corrected chi connectivity index (χ2v) is 17.9. The fraction of sp³-hybridized carbons (Fsp3) is 0.867. The Morgan fingerprint density at radius 1 is 0.705 bits per heavy atom. The minimum absolute atomic E-state index is 0.000789. The molecule has 2 amide bonds. The minimum atomic E-state index is -3.38. The summed E-state index contributed by atoms with van der Waals surface area (Å²) in [5.41, 5.74) is -1.07. The van der Waals surface area contributed by atoms with Crippen molar-refractivity contribution < 1.29 is 46.5 Å². The zero-order valence-electron chi connectivity index (χ0n) is 27.4. The molecule has 0 bridgehead atoms. The maximum Gasteiger partial charge on any atom is 0.410 e. The minimum Gasteiger partial charge on any atom is -0.469 e. The van der Waals surface area contributed by atoms with E-state index in [2.05, 4.69) is 0 Å². The number of ether oxygens (including phenoxy) is 4. The van der Waals surface area contributed by atoms with Crippen molar-refractivity contribution in [1.82, 2.24) is 9.80 Å². The summed E-state index contributed by atoms with van der Waals surface area (Å²) < 4.78 is 44.4. The number of amides is 2. The fourth-order valence-electron chi connectivity index (χ4n) is 6.59. The molecule has 0 aromatic heterocycles. The average molecular weight is 663 g/mol. The van der Waals surface area contributed by atoms with E-state index in [1.54, 1.807) is 25.7 Å². The molecule has 4 aliphatic heterocycles. The molecular weight excluding hydrogens is 612 g/mol. The molecule has 4 aliphatic rings. The number of esters is 2. The van der Waals surface area contributed by atoms with Gasteiger partial charge in [-0.1, -0.05) is 0 Å². The monoisotopic (exact) mass is 662 g/mol. The number of nitrogens with zero attached hydrogens (tertiary/aromatic N) is 2. The number of piperidine rings is 2. The van der Waals surface area contributed by atoms with Gasteiger partial charge >= 0.3 is 24.1 Å². The summed E-state index contributed by atoms with van der Waals surface area (Å²) in [6.45, 7) is 12.8. The number of likely N-dealkylation sites (tertiary alicyclic amines) is 2. The molecule has 0 saturated carbocycles. The lowest BCUT2D eigenvalue weighted by molar-refractivity contribution is -0.147. The Bertz CT molecular complexity index is 1180. The summed E-state index contributed by atoms with van der Waals surface area (Å²) in [5, 5.41) is 0. The van der Waals surface area contributed by atoms with Crippen LogP contribution in [-0.4, -0.2) is 115 Å². The Kier molecular flexibility index (Phi) is 11.2. The summed E-state index contributed by atoms with van der Waals surface area (Å²) in [6.07, 6.45) is 2.62. The number of rotatable bonds is 2. The van der Waals surface area contributed by atoms with Crippen LogP contribution < -0.4 is 0 Å². The van der Waals surface area contributed by atoms with Crippen molar-refractivity contribution in [2.24, 2.45) is 11.8 Å². The van der Waals surface area contributed by atoms with Gasteiger partial charge in [-0.25, -0.2) is 18.0 Å². The van der Waals surface area contributed by atoms with E-state index in [1.165, 1.54) is 19.1 Å². The second kappa shape index (κ2) is 13.6. The second-order valence-electron chi connectivity index (χ2n) is 14.0. The molecule has 2 atom stereocenters. The molecule has 0 aliphatic carbocycles. The molecule has 0 N–H and O–H groups in total. The lowest BCUT2D eigenvalue weighted by Crippen LogP contribution is -2.54. The van der Waals surface area contributed by atoms with Gasteiger partial charge in [0, 0.05) is 30.9 Å². The molecule has 252 valence electrons. The molecule has 2 spiro atoms. The van der Waals surface area contributed by atoms with Crippen molar-refractivity contribution >= 4 is 45.7 Å². The molecule has 14 heteroatoms. The average Bonchev–Trinajstić information content (AvgIpc) is 3.44. The van der Waals surface area contributed by atoms with Crippen molar-refractivity contribution in [3.63, 3.8) is 0 Å². The van der Waals surface area contributed by atoms with Crippen molar-refractivity contribution in [3.05, 3.63) is 0 Å². The van der Waals surface area contributed by atoms with Gasteiger partial charge in [0.05, 0.1) is 36.6 Å². The van der Waals surface area contributed by atoms with Gasteiger partial charge in [0.1, 0.15) is 11.2 Å². The third-order valence-electron chi connectivity index (χ3n) is 8.86. The summed E-state index contributed by atoms with van der Waals surface area (Å²) in [5.74, 6) is -0.264. The van der Waals surface area contributed by atoms with E-state index < -0.39 is 43.8 Å². The van der Waals surface area contributed by atoms with Crippen LogP contribution in [0.4, 0.5) is 9.59 Å². The molecule has 4 rings (SSSR count). The van der Waals surface area contributed by atoms with Crippen molar-refractivity contribution in [1.29, 1.82) is 0 Å². The van der Waals surface area contributed by atoms with Crippen molar-refractivity contribution in [2.75, 3.05) is 51.9 Å². The van der Waals surface area contributed by atoms with Crippen LogP contribution in [0.15, 0.2) is 0 Å². The first kappa shape index (κ1) is 36.3. The quantitative estimate of drug-likeness (QED) is 0.312. The number of carbonyl (C=O) groups excluding carboxylic acids is 4. The molecule has 44 heavy (non-hydrogen) atoms. The third-order valence-corrected chi connectivity index (χ3v) is 13.3. The Labute approximate surface area is 266 Å². The Morgan fingerprint density at radius 3 is 1.57 bits per heavy atom. The van der Waals surface area contributed by atoms with E-state index in [1.807, 2.05) is 32.5 Å². The highest BCUT2D eigenvalue weighted by Crippen LogP contribution is 2.50. The first-order valence-electron chi connectivity index (χ1n) is 15.3. The molecule has 4 heterocycles. The number of methoxy groups -OCH3 is 2. The largest absolute Gasteiger partial charge is 0.469 e. The number of hydrogen-bond donors (Lipinski definition) is 0. The number of hydrogen-bond acceptors (Lipinski definition) is 11. The highest BCUT2D eigenvalue weighted by Gasteiger charge is 2.59.